The summed E-state index contributed by atoms with van der Waals surface area (Å²) in [5.74, 6) is 1.67. The molecule has 1 atom stereocenters. The molecule has 0 aromatic heterocycles. The maximum Gasteiger partial charge on any atom is 0.133 e. The molecule has 2 aromatic carbocycles. The lowest BCUT2D eigenvalue weighted by atomic mass is 10.0. The Labute approximate surface area is 125 Å². The van der Waals surface area contributed by atoms with E-state index in [9.17, 15) is 0 Å². The number of nitrogens with two attached hydrogens (primary N) is 1. The minimum Gasteiger partial charge on any atom is -0.456 e. The van der Waals surface area contributed by atoms with Gasteiger partial charge in [-0.05, 0) is 49.6 Å². The number of halogens is 1. The predicted molar refractivity (Wildman–Crippen MR) is 84.7 cm³/mol. The third-order valence-corrected chi connectivity index (χ3v) is 3.61. The van der Waals surface area contributed by atoms with Crippen molar-refractivity contribution in [3.05, 3.63) is 58.1 Å². The van der Waals surface area contributed by atoms with Crippen LogP contribution in [-0.2, 0) is 0 Å². The number of rotatable bonds is 4. The molecule has 0 heterocycles. The third kappa shape index (κ3) is 3.14. The monoisotopic (exact) mass is 289 g/mol. The maximum atomic E-state index is 6.15. The molecule has 0 saturated carbocycles. The van der Waals surface area contributed by atoms with Crippen LogP contribution in [-0.4, -0.2) is 0 Å². The molecule has 2 aromatic rings. The molecule has 1 unspecified atom stereocenters. The van der Waals surface area contributed by atoms with Crippen LogP contribution >= 0.6 is 11.6 Å². The lowest BCUT2D eigenvalue weighted by Crippen LogP contribution is -2.10. The Morgan fingerprint density at radius 1 is 1.15 bits per heavy atom. The van der Waals surface area contributed by atoms with E-state index < -0.39 is 0 Å². The summed E-state index contributed by atoms with van der Waals surface area (Å²) in [4.78, 5) is 0. The maximum absolute atomic E-state index is 6.15. The van der Waals surface area contributed by atoms with Crippen LogP contribution in [0.1, 0.15) is 36.1 Å². The van der Waals surface area contributed by atoms with Crippen molar-refractivity contribution in [2.75, 3.05) is 0 Å². The van der Waals surface area contributed by atoms with Crippen LogP contribution in [0.3, 0.4) is 0 Å². The summed E-state index contributed by atoms with van der Waals surface area (Å²) in [6, 6.07) is 11.7. The highest BCUT2D eigenvalue weighted by atomic mass is 35.5. The van der Waals surface area contributed by atoms with Gasteiger partial charge >= 0.3 is 0 Å². The number of hydrogen-bond acceptors (Lipinski definition) is 2. The smallest absolute Gasteiger partial charge is 0.133 e. The lowest BCUT2D eigenvalue weighted by Gasteiger charge is -2.18. The fraction of sp³-hybridized carbons (Fsp3) is 0.294. The van der Waals surface area contributed by atoms with Crippen molar-refractivity contribution in [2.24, 2.45) is 5.73 Å². The van der Waals surface area contributed by atoms with Crippen LogP contribution in [0.15, 0.2) is 36.4 Å². The van der Waals surface area contributed by atoms with Crippen molar-refractivity contribution in [3.8, 4) is 11.5 Å². The van der Waals surface area contributed by atoms with E-state index in [0.717, 1.165) is 39.6 Å². The number of benzene rings is 2. The third-order valence-electron chi connectivity index (χ3n) is 3.40. The Morgan fingerprint density at radius 2 is 1.75 bits per heavy atom. The first-order valence-electron chi connectivity index (χ1n) is 6.82. The normalized spacial score (nSPS) is 12.2. The summed E-state index contributed by atoms with van der Waals surface area (Å²) in [6.07, 6.45) is 0.874. The Balaban J connectivity index is 2.41. The van der Waals surface area contributed by atoms with Gasteiger partial charge in [-0.2, -0.15) is 0 Å². The van der Waals surface area contributed by atoms with E-state index in [1.165, 1.54) is 0 Å². The molecule has 0 radical (unpaired) electrons. The Bertz CT molecular complexity index is 587. The lowest BCUT2D eigenvalue weighted by molar-refractivity contribution is 0.462. The van der Waals surface area contributed by atoms with Crippen LogP contribution in [0.4, 0.5) is 0 Å². The first-order chi connectivity index (χ1) is 9.52. The average molecular weight is 290 g/mol. The molecule has 106 valence electrons. The molecular formula is C17H20ClNO. The van der Waals surface area contributed by atoms with Gasteiger partial charge in [-0.3, -0.25) is 0 Å². The summed E-state index contributed by atoms with van der Waals surface area (Å²) in [5, 5.41) is 0.728. The summed E-state index contributed by atoms with van der Waals surface area (Å²) < 4.78 is 6.11. The highest BCUT2D eigenvalue weighted by molar-refractivity contribution is 6.30. The van der Waals surface area contributed by atoms with E-state index in [4.69, 9.17) is 22.1 Å². The first kappa shape index (κ1) is 14.9. The van der Waals surface area contributed by atoms with Crippen molar-refractivity contribution in [1.82, 2.24) is 0 Å². The van der Waals surface area contributed by atoms with Crippen LogP contribution in [0.25, 0.3) is 0 Å². The van der Waals surface area contributed by atoms with Crippen LogP contribution in [0.5, 0.6) is 11.5 Å². The summed E-state index contributed by atoms with van der Waals surface area (Å²) in [6.45, 7) is 6.06. The molecule has 0 bridgehead atoms. The van der Waals surface area contributed by atoms with Gasteiger partial charge < -0.3 is 10.5 Å². The van der Waals surface area contributed by atoms with E-state index in [-0.39, 0.29) is 6.04 Å². The summed E-state index contributed by atoms with van der Waals surface area (Å²) >= 11 is 6.05. The SMILES string of the molecule is CCC(N)c1ccccc1Oc1c(C)cc(Cl)cc1C. The minimum atomic E-state index is -0.0147. The number of hydrogen-bond donors (Lipinski definition) is 1. The largest absolute Gasteiger partial charge is 0.456 e. The predicted octanol–water partition coefficient (Wildman–Crippen LogP) is 5.16. The molecule has 20 heavy (non-hydrogen) atoms. The van der Waals surface area contributed by atoms with Gasteiger partial charge in [-0.15, -0.1) is 0 Å². The average Bonchev–Trinajstić information content (AvgIpc) is 2.42. The van der Waals surface area contributed by atoms with Gasteiger partial charge in [0.25, 0.3) is 0 Å². The van der Waals surface area contributed by atoms with Gasteiger partial charge in [-0.25, -0.2) is 0 Å². The number of para-hydroxylation sites is 1. The zero-order valence-electron chi connectivity index (χ0n) is 12.1. The first-order valence-corrected chi connectivity index (χ1v) is 7.19. The Kier molecular flexibility index (Phi) is 4.69. The molecule has 0 fully saturated rings. The molecule has 0 saturated heterocycles. The van der Waals surface area contributed by atoms with Crippen LogP contribution in [0, 0.1) is 13.8 Å². The van der Waals surface area contributed by atoms with Crippen LogP contribution < -0.4 is 10.5 Å². The van der Waals surface area contributed by atoms with Gasteiger partial charge in [-0.1, -0.05) is 36.7 Å². The molecule has 0 spiro atoms. The quantitative estimate of drug-likeness (QED) is 0.844. The van der Waals surface area contributed by atoms with Gasteiger partial charge in [0.15, 0.2) is 0 Å². The minimum absolute atomic E-state index is 0.0147. The second kappa shape index (κ2) is 6.29. The van der Waals surface area contributed by atoms with E-state index >= 15 is 0 Å². The Hall–Kier alpha value is -1.51. The van der Waals surface area contributed by atoms with Crippen LogP contribution in [0.2, 0.25) is 5.02 Å². The number of ether oxygens (including phenoxy) is 1. The highest BCUT2D eigenvalue weighted by Gasteiger charge is 2.13. The molecule has 0 aliphatic carbocycles. The standard InChI is InChI=1S/C17H20ClNO/c1-4-15(19)14-7-5-6-8-16(14)20-17-11(2)9-13(18)10-12(17)3/h5-10,15H,4,19H2,1-3H3. The zero-order chi connectivity index (χ0) is 14.7. The molecule has 2 rings (SSSR count). The van der Waals surface area contributed by atoms with Gasteiger partial charge in [0.2, 0.25) is 0 Å². The topological polar surface area (TPSA) is 35.2 Å². The molecule has 0 aliphatic rings. The van der Waals surface area contributed by atoms with Crippen molar-refractivity contribution in [3.63, 3.8) is 0 Å². The second-order valence-corrected chi connectivity index (χ2v) is 5.46. The molecule has 2 N–H and O–H groups in total. The second-order valence-electron chi connectivity index (χ2n) is 5.02. The van der Waals surface area contributed by atoms with E-state index in [2.05, 4.69) is 6.92 Å². The molecule has 0 aliphatic heterocycles. The van der Waals surface area contributed by atoms with Gasteiger partial charge in [0.1, 0.15) is 11.5 Å². The highest BCUT2D eigenvalue weighted by Crippen LogP contribution is 2.34. The molecule has 0 amide bonds. The van der Waals surface area contributed by atoms with Crippen molar-refractivity contribution in [1.29, 1.82) is 0 Å². The van der Waals surface area contributed by atoms with E-state index in [0.29, 0.717) is 0 Å². The Morgan fingerprint density at radius 3 is 2.35 bits per heavy atom. The molecular weight excluding hydrogens is 270 g/mol. The summed E-state index contributed by atoms with van der Waals surface area (Å²) in [5.41, 5.74) is 9.23. The fourth-order valence-corrected chi connectivity index (χ4v) is 2.60. The zero-order valence-corrected chi connectivity index (χ0v) is 12.9. The number of aryl methyl sites for hydroxylation is 2. The molecule has 3 heteroatoms. The van der Waals surface area contributed by atoms with E-state index in [1.54, 1.807) is 0 Å². The van der Waals surface area contributed by atoms with E-state index in [1.807, 2.05) is 50.2 Å². The van der Waals surface area contributed by atoms with Crippen molar-refractivity contribution >= 4 is 11.6 Å². The van der Waals surface area contributed by atoms with Gasteiger partial charge in [0, 0.05) is 16.6 Å². The van der Waals surface area contributed by atoms with Crippen molar-refractivity contribution < 1.29 is 4.74 Å². The molecule has 2 nitrogen and oxygen atoms in total. The van der Waals surface area contributed by atoms with Gasteiger partial charge in [0.05, 0.1) is 0 Å². The summed E-state index contributed by atoms with van der Waals surface area (Å²) in [7, 11) is 0. The van der Waals surface area contributed by atoms with Crippen molar-refractivity contribution in [2.45, 2.75) is 33.2 Å². The fourth-order valence-electron chi connectivity index (χ4n) is 2.27.